The number of thiophene rings is 1. The molecule has 0 bridgehead atoms. The van der Waals surface area contributed by atoms with Crippen molar-refractivity contribution in [3.8, 4) is 0 Å². The van der Waals surface area contributed by atoms with Gasteiger partial charge in [0.25, 0.3) is 0 Å². The number of hydrogen-bond donors (Lipinski definition) is 2. The molecule has 2 aromatic heterocycles. The van der Waals surface area contributed by atoms with Crippen LogP contribution in [0.4, 0.5) is 11.8 Å². The smallest absolute Gasteiger partial charge is 0.225 e. The lowest BCUT2D eigenvalue weighted by Gasteiger charge is -2.39. The van der Waals surface area contributed by atoms with E-state index in [1.165, 1.54) is 19.3 Å². The van der Waals surface area contributed by atoms with Gasteiger partial charge >= 0.3 is 0 Å². The Kier molecular flexibility index (Phi) is 3.76. The third-order valence-corrected chi connectivity index (χ3v) is 4.78. The van der Waals surface area contributed by atoms with Crippen molar-refractivity contribution in [1.82, 2.24) is 15.0 Å². The van der Waals surface area contributed by atoms with E-state index >= 15 is 0 Å². The van der Waals surface area contributed by atoms with Crippen molar-refractivity contribution in [2.75, 3.05) is 17.8 Å². The van der Waals surface area contributed by atoms with Crippen LogP contribution in [0.5, 0.6) is 0 Å². The average Bonchev–Trinajstić information content (AvgIpc) is 2.91. The molecule has 2 aromatic rings. The lowest BCUT2D eigenvalue weighted by Crippen LogP contribution is -2.47. The summed E-state index contributed by atoms with van der Waals surface area (Å²) in [5.41, 5.74) is 3.53. The number of hydrogen-bond acceptors (Lipinski definition) is 6. The van der Waals surface area contributed by atoms with E-state index in [4.69, 9.17) is 0 Å². The Morgan fingerprint density at radius 1 is 1.25 bits per heavy atom. The standard InChI is InChI=1S/C14H21N5S/c1-9-5-4-6-10(2)19(9)18-12-11-7-8-20-13(11)17-14(15-3)16-12/h7-10H,4-6H2,1-3H3,(H2,15,16,17,18). The fourth-order valence-electron chi connectivity index (χ4n) is 2.82. The number of nitrogens with one attached hydrogen (secondary N) is 2. The lowest BCUT2D eigenvalue weighted by molar-refractivity contribution is 0.135. The molecule has 0 aromatic carbocycles. The van der Waals surface area contributed by atoms with Crippen LogP contribution < -0.4 is 10.7 Å². The molecule has 1 saturated heterocycles. The molecule has 3 rings (SSSR count). The van der Waals surface area contributed by atoms with Crippen molar-refractivity contribution < 1.29 is 0 Å². The molecule has 108 valence electrons. The first kappa shape index (κ1) is 13.6. The fraction of sp³-hybridized carbons (Fsp3) is 0.571. The largest absolute Gasteiger partial charge is 0.357 e. The van der Waals surface area contributed by atoms with Crippen LogP contribution in [0.25, 0.3) is 10.2 Å². The second kappa shape index (κ2) is 5.54. The summed E-state index contributed by atoms with van der Waals surface area (Å²) in [5, 5.41) is 8.53. The molecule has 3 heterocycles. The topological polar surface area (TPSA) is 53.1 Å². The van der Waals surface area contributed by atoms with Crippen molar-refractivity contribution in [3.05, 3.63) is 11.4 Å². The van der Waals surface area contributed by atoms with E-state index < -0.39 is 0 Å². The van der Waals surface area contributed by atoms with E-state index in [0.717, 1.165) is 16.0 Å². The molecule has 2 unspecified atom stereocenters. The van der Waals surface area contributed by atoms with Gasteiger partial charge in [-0.05, 0) is 38.1 Å². The Morgan fingerprint density at radius 2 is 2.00 bits per heavy atom. The van der Waals surface area contributed by atoms with Gasteiger partial charge in [-0.25, -0.2) is 9.99 Å². The van der Waals surface area contributed by atoms with Gasteiger partial charge in [0.2, 0.25) is 5.95 Å². The molecule has 0 saturated carbocycles. The molecule has 2 atom stereocenters. The molecule has 20 heavy (non-hydrogen) atoms. The van der Waals surface area contributed by atoms with Crippen LogP contribution in [0.1, 0.15) is 33.1 Å². The molecule has 1 fully saturated rings. The third kappa shape index (κ3) is 2.45. The molecule has 1 aliphatic rings. The second-order valence-corrected chi connectivity index (χ2v) is 6.33. The SMILES string of the molecule is CNc1nc(NN2C(C)CCCC2C)c2ccsc2n1. The monoisotopic (exact) mass is 291 g/mol. The highest BCUT2D eigenvalue weighted by Gasteiger charge is 2.25. The molecule has 1 aliphatic heterocycles. The summed E-state index contributed by atoms with van der Waals surface area (Å²) in [6.45, 7) is 4.54. The van der Waals surface area contributed by atoms with Crippen LogP contribution in [0.3, 0.4) is 0 Å². The molecular weight excluding hydrogens is 270 g/mol. The average molecular weight is 291 g/mol. The quantitative estimate of drug-likeness (QED) is 0.908. The summed E-state index contributed by atoms with van der Waals surface area (Å²) in [4.78, 5) is 10.1. The van der Waals surface area contributed by atoms with E-state index in [1.807, 2.05) is 7.05 Å². The Balaban J connectivity index is 1.94. The molecular formula is C14H21N5S. The summed E-state index contributed by atoms with van der Waals surface area (Å²) in [5.74, 6) is 1.57. The van der Waals surface area contributed by atoms with Gasteiger partial charge in [-0.1, -0.05) is 6.42 Å². The van der Waals surface area contributed by atoms with Crippen LogP contribution in [0, 0.1) is 0 Å². The van der Waals surface area contributed by atoms with Crippen LogP contribution in [0.15, 0.2) is 11.4 Å². The van der Waals surface area contributed by atoms with E-state index in [0.29, 0.717) is 18.0 Å². The second-order valence-electron chi connectivity index (χ2n) is 5.43. The molecule has 0 spiro atoms. The van der Waals surface area contributed by atoms with Gasteiger partial charge in [0, 0.05) is 19.1 Å². The first-order valence-electron chi connectivity index (χ1n) is 7.17. The molecule has 2 N–H and O–H groups in total. The van der Waals surface area contributed by atoms with Crippen molar-refractivity contribution in [2.24, 2.45) is 0 Å². The highest BCUT2D eigenvalue weighted by atomic mass is 32.1. The van der Waals surface area contributed by atoms with Crippen molar-refractivity contribution in [2.45, 2.75) is 45.2 Å². The highest BCUT2D eigenvalue weighted by Crippen LogP contribution is 2.29. The number of nitrogens with zero attached hydrogens (tertiary/aromatic N) is 3. The lowest BCUT2D eigenvalue weighted by atomic mass is 10.00. The Bertz CT molecular complexity index is 586. The van der Waals surface area contributed by atoms with Crippen LogP contribution in [-0.4, -0.2) is 34.1 Å². The van der Waals surface area contributed by atoms with Crippen molar-refractivity contribution in [1.29, 1.82) is 0 Å². The zero-order valence-corrected chi connectivity index (χ0v) is 13.0. The first-order chi connectivity index (χ1) is 9.69. The summed E-state index contributed by atoms with van der Waals surface area (Å²) >= 11 is 1.65. The number of aromatic nitrogens is 2. The molecule has 0 aliphatic carbocycles. The Labute approximate surface area is 123 Å². The van der Waals surface area contributed by atoms with Gasteiger partial charge in [-0.3, -0.25) is 0 Å². The van der Waals surface area contributed by atoms with Gasteiger partial charge in [-0.15, -0.1) is 11.3 Å². The number of anilines is 2. The van der Waals surface area contributed by atoms with E-state index in [-0.39, 0.29) is 0 Å². The molecule has 0 radical (unpaired) electrons. The van der Waals surface area contributed by atoms with Gasteiger partial charge in [0.05, 0.1) is 5.39 Å². The highest BCUT2D eigenvalue weighted by molar-refractivity contribution is 7.16. The van der Waals surface area contributed by atoms with Crippen LogP contribution in [-0.2, 0) is 0 Å². The maximum absolute atomic E-state index is 4.59. The van der Waals surface area contributed by atoms with Crippen LogP contribution >= 0.6 is 11.3 Å². The summed E-state index contributed by atoms with van der Waals surface area (Å²) < 4.78 is 0. The van der Waals surface area contributed by atoms with Gasteiger partial charge in [0.15, 0.2) is 5.82 Å². The first-order valence-corrected chi connectivity index (χ1v) is 8.05. The minimum absolute atomic E-state index is 0.528. The van der Waals surface area contributed by atoms with E-state index in [1.54, 1.807) is 11.3 Å². The van der Waals surface area contributed by atoms with E-state index in [2.05, 4.69) is 51.0 Å². The Morgan fingerprint density at radius 3 is 2.70 bits per heavy atom. The van der Waals surface area contributed by atoms with Gasteiger partial charge in [0.1, 0.15) is 4.83 Å². The maximum atomic E-state index is 4.59. The van der Waals surface area contributed by atoms with E-state index in [9.17, 15) is 0 Å². The maximum Gasteiger partial charge on any atom is 0.225 e. The summed E-state index contributed by atoms with van der Waals surface area (Å²) in [6.07, 6.45) is 3.77. The predicted octanol–water partition coefficient (Wildman–Crippen LogP) is 3.32. The minimum atomic E-state index is 0.528. The number of hydrazine groups is 1. The van der Waals surface area contributed by atoms with Crippen molar-refractivity contribution >= 4 is 33.3 Å². The molecule has 0 amide bonds. The number of rotatable bonds is 3. The zero-order valence-electron chi connectivity index (χ0n) is 12.2. The number of piperidine rings is 1. The normalized spacial score (nSPS) is 23.9. The molecule has 6 heteroatoms. The zero-order chi connectivity index (χ0) is 14.1. The third-order valence-electron chi connectivity index (χ3n) is 3.98. The number of fused-ring (bicyclic) bond motifs is 1. The summed E-state index contributed by atoms with van der Waals surface area (Å²) in [7, 11) is 1.85. The summed E-state index contributed by atoms with van der Waals surface area (Å²) in [6, 6.07) is 3.14. The van der Waals surface area contributed by atoms with Gasteiger partial charge < -0.3 is 10.7 Å². The minimum Gasteiger partial charge on any atom is -0.357 e. The predicted molar refractivity (Wildman–Crippen MR) is 85.2 cm³/mol. The Hall–Kier alpha value is -1.40. The fourth-order valence-corrected chi connectivity index (χ4v) is 3.58. The molecule has 5 nitrogen and oxygen atoms in total. The van der Waals surface area contributed by atoms with Gasteiger partial charge in [-0.2, -0.15) is 4.98 Å². The van der Waals surface area contributed by atoms with Crippen LogP contribution in [0.2, 0.25) is 0 Å². The van der Waals surface area contributed by atoms with Crippen molar-refractivity contribution in [3.63, 3.8) is 0 Å².